The van der Waals surface area contributed by atoms with Crippen LogP contribution in [0.1, 0.15) is 59.1 Å². The van der Waals surface area contributed by atoms with Gasteiger partial charge in [0, 0.05) is 6.20 Å². The molecule has 0 amide bonds. The second kappa shape index (κ2) is 6.12. The lowest BCUT2D eigenvalue weighted by Crippen LogP contribution is -2.37. The molecule has 0 unspecified atom stereocenters. The molecule has 7 nitrogen and oxygen atoms in total. The topological polar surface area (TPSA) is 78.5 Å². The number of fused-ring (bicyclic) bond motifs is 1. The van der Waals surface area contributed by atoms with Crippen molar-refractivity contribution in [3.05, 3.63) is 27.5 Å². The van der Waals surface area contributed by atoms with Crippen LogP contribution in [0, 0.1) is 0 Å². The molecule has 2 aromatic heterocycles. The summed E-state index contributed by atoms with van der Waals surface area (Å²) in [6.45, 7) is 7.75. The summed E-state index contributed by atoms with van der Waals surface area (Å²) in [5.41, 5.74) is -0.848. The molecule has 0 spiro atoms. The predicted octanol–water partition coefficient (Wildman–Crippen LogP) is 2.67. The maximum absolute atomic E-state index is 12.8. The first kappa shape index (κ1) is 17.9. The quantitative estimate of drug-likeness (QED) is 0.780. The van der Waals surface area contributed by atoms with E-state index in [1.807, 2.05) is 20.8 Å². The number of carbonyl (C=O) groups is 1. The normalized spacial score (nSPS) is 17.2. The molecule has 0 aliphatic heterocycles. The summed E-state index contributed by atoms with van der Waals surface area (Å²) in [4.78, 5) is 29.8. The van der Waals surface area contributed by atoms with E-state index in [1.165, 1.54) is 9.08 Å². The Kier molecular flexibility index (Phi) is 4.39. The average Bonchev–Trinajstić information content (AvgIpc) is 3.13. The van der Waals surface area contributed by atoms with Crippen LogP contribution in [-0.4, -0.2) is 31.7 Å². The van der Waals surface area contributed by atoms with E-state index in [9.17, 15) is 9.59 Å². The third-order valence-electron chi connectivity index (χ3n) is 4.71. The number of rotatable bonds is 3. The third-order valence-corrected chi connectivity index (χ3v) is 4.97. The fourth-order valence-corrected chi connectivity index (χ4v) is 3.64. The Bertz CT molecular complexity index is 872. The highest BCUT2D eigenvalue weighted by Crippen LogP contribution is 2.41. The van der Waals surface area contributed by atoms with Gasteiger partial charge in [-0.05, 0) is 40.5 Å². The van der Waals surface area contributed by atoms with Gasteiger partial charge in [0.25, 0.3) is 0 Å². The van der Waals surface area contributed by atoms with Crippen LogP contribution in [0.2, 0.25) is 5.15 Å². The number of aromatic nitrogens is 4. The van der Waals surface area contributed by atoms with Gasteiger partial charge in [-0.3, -0.25) is 4.79 Å². The number of nitrogens with zero attached hydrogens (tertiary/aromatic N) is 4. The standard InChI is InChI=1S/C17H23ClN4O3/c1-5-25-14(23)17(8-6-7-9-17)11-10-21-13(12(18)19-11)20-22(15(21)24)16(2,3)4/h10H,5-9H2,1-4H3. The monoisotopic (exact) mass is 366 g/mol. The molecular weight excluding hydrogens is 344 g/mol. The molecule has 1 saturated carbocycles. The number of hydrogen-bond donors (Lipinski definition) is 0. The number of ether oxygens (including phenoxy) is 1. The molecule has 0 radical (unpaired) electrons. The number of hydrogen-bond acceptors (Lipinski definition) is 5. The maximum Gasteiger partial charge on any atom is 0.350 e. The summed E-state index contributed by atoms with van der Waals surface area (Å²) in [6.07, 6.45) is 4.70. The van der Waals surface area contributed by atoms with Crippen LogP contribution in [0.3, 0.4) is 0 Å². The number of carbonyl (C=O) groups excluding carboxylic acids is 1. The Morgan fingerprint density at radius 1 is 1.36 bits per heavy atom. The van der Waals surface area contributed by atoms with Gasteiger partial charge in [-0.2, -0.15) is 0 Å². The first-order valence-electron chi connectivity index (χ1n) is 8.57. The van der Waals surface area contributed by atoms with Gasteiger partial charge in [-0.1, -0.05) is 24.4 Å². The van der Waals surface area contributed by atoms with Gasteiger partial charge in [0.15, 0.2) is 10.8 Å². The van der Waals surface area contributed by atoms with Crippen LogP contribution >= 0.6 is 11.6 Å². The molecule has 8 heteroatoms. The Morgan fingerprint density at radius 3 is 2.56 bits per heavy atom. The molecule has 1 aliphatic rings. The van der Waals surface area contributed by atoms with E-state index < -0.39 is 11.0 Å². The zero-order valence-corrected chi connectivity index (χ0v) is 15.8. The van der Waals surface area contributed by atoms with Crippen LogP contribution in [0.25, 0.3) is 5.65 Å². The third kappa shape index (κ3) is 2.84. The molecule has 25 heavy (non-hydrogen) atoms. The lowest BCUT2D eigenvalue weighted by atomic mass is 9.83. The van der Waals surface area contributed by atoms with Gasteiger partial charge in [-0.25, -0.2) is 18.9 Å². The highest BCUT2D eigenvalue weighted by molar-refractivity contribution is 6.32. The molecule has 2 aromatic rings. The molecule has 0 saturated heterocycles. The molecule has 0 N–H and O–H groups in total. The Balaban J connectivity index is 2.22. The highest BCUT2D eigenvalue weighted by Gasteiger charge is 2.46. The van der Waals surface area contributed by atoms with Gasteiger partial charge < -0.3 is 4.74 Å². The molecule has 1 aliphatic carbocycles. The van der Waals surface area contributed by atoms with Crippen molar-refractivity contribution in [3.8, 4) is 0 Å². The first-order valence-corrected chi connectivity index (χ1v) is 8.94. The van der Waals surface area contributed by atoms with Crippen molar-refractivity contribution in [2.24, 2.45) is 0 Å². The van der Waals surface area contributed by atoms with E-state index in [0.717, 1.165) is 12.8 Å². The summed E-state index contributed by atoms with van der Waals surface area (Å²) in [5.74, 6) is -0.299. The van der Waals surface area contributed by atoms with Crippen LogP contribution in [-0.2, 0) is 20.5 Å². The largest absolute Gasteiger partial charge is 0.465 e. The van der Waals surface area contributed by atoms with Crippen molar-refractivity contribution in [2.75, 3.05) is 6.61 Å². The SMILES string of the molecule is CCOC(=O)C1(c2cn3c(=O)n(C(C)(C)C)nc3c(Cl)n2)CCCC1. The minimum Gasteiger partial charge on any atom is -0.465 e. The van der Waals surface area contributed by atoms with Gasteiger partial charge in [0.2, 0.25) is 0 Å². The fraction of sp³-hybridized carbons (Fsp3) is 0.647. The van der Waals surface area contributed by atoms with Gasteiger partial charge >= 0.3 is 11.7 Å². The second-order valence-corrected chi connectivity index (χ2v) is 7.84. The molecule has 2 heterocycles. The van der Waals surface area contributed by atoms with E-state index in [1.54, 1.807) is 13.1 Å². The van der Waals surface area contributed by atoms with Crippen LogP contribution in [0.5, 0.6) is 0 Å². The lowest BCUT2D eigenvalue weighted by Gasteiger charge is -2.25. The van der Waals surface area contributed by atoms with Crippen LogP contribution in [0.4, 0.5) is 0 Å². The minimum atomic E-state index is -0.836. The molecule has 136 valence electrons. The molecular formula is C17H23ClN4O3. The summed E-state index contributed by atoms with van der Waals surface area (Å²) >= 11 is 6.32. The van der Waals surface area contributed by atoms with E-state index in [0.29, 0.717) is 30.8 Å². The summed E-state index contributed by atoms with van der Waals surface area (Å²) < 4.78 is 8.06. The Morgan fingerprint density at radius 2 is 2.00 bits per heavy atom. The van der Waals surface area contributed by atoms with E-state index >= 15 is 0 Å². The van der Waals surface area contributed by atoms with Crippen molar-refractivity contribution in [3.63, 3.8) is 0 Å². The van der Waals surface area contributed by atoms with Gasteiger partial charge in [0.05, 0.1) is 17.8 Å². The molecule has 0 bridgehead atoms. The second-order valence-electron chi connectivity index (χ2n) is 7.49. The fourth-order valence-electron chi connectivity index (χ4n) is 3.42. The summed E-state index contributed by atoms with van der Waals surface area (Å²) in [6, 6.07) is 0. The predicted molar refractivity (Wildman–Crippen MR) is 94.0 cm³/mol. The lowest BCUT2D eigenvalue weighted by molar-refractivity contribution is -0.150. The highest BCUT2D eigenvalue weighted by atomic mass is 35.5. The van der Waals surface area contributed by atoms with Crippen molar-refractivity contribution < 1.29 is 9.53 Å². The van der Waals surface area contributed by atoms with Gasteiger partial charge in [0.1, 0.15) is 5.41 Å². The zero-order chi connectivity index (χ0) is 18.4. The van der Waals surface area contributed by atoms with Crippen molar-refractivity contribution in [1.82, 2.24) is 19.2 Å². The molecule has 3 rings (SSSR count). The van der Waals surface area contributed by atoms with Crippen LogP contribution in [0.15, 0.2) is 11.0 Å². The van der Waals surface area contributed by atoms with E-state index in [4.69, 9.17) is 16.3 Å². The van der Waals surface area contributed by atoms with Crippen LogP contribution < -0.4 is 5.69 Å². The smallest absolute Gasteiger partial charge is 0.350 e. The minimum absolute atomic E-state index is 0.119. The van der Waals surface area contributed by atoms with E-state index in [2.05, 4.69) is 10.1 Å². The van der Waals surface area contributed by atoms with Gasteiger partial charge in [-0.15, -0.1) is 5.10 Å². The van der Waals surface area contributed by atoms with Crippen molar-refractivity contribution in [1.29, 1.82) is 0 Å². The maximum atomic E-state index is 12.8. The van der Waals surface area contributed by atoms with Crippen molar-refractivity contribution >= 4 is 23.2 Å². The Hall–Kier alpha value is -1.89. The zero-order valence-electron chi connectivity index (χ0n) is 15.0. The average molecular weight is 367 g/mol. The van der Waals surface area contributed by atoms with E-state index in [-0.39, 0.29) is 16.8 Å². The summed E-state index contributed by atoms with van der Waals surface area (Å²) in [7, 11) is 0. The summed E-state index contributed by atoms with van der Waals surface area (Å²) in [5, 5.41) is 4.43. The molecule has 1 fully saturated rings. The first-order chi connectivity index (χ1) is 11.7. The molecule has 0 atom stereocenters. The molecule has 0 aromatic carbocycles. The number of halogens is 1. The number of esters is 1. The Labute approximate surface area is 151 Å². The van der Waals surface area contributed by atoms with Crippen molar-refractivity contribution in [2.45, 2.75) is 64.3 Å².